The maximum absolute atomic E-state index is 12.4. The molecule has 0 radical (unpaired) electrons. The lowest BCUT2D eigenvalue weighted by Gasteiger charge is -2.16. The Morgan fingerprint density at radius 1 is 0.442 bits per heavy atom. The number of carboxylic acids is 2. The molecule has 0 aliphatic rings. The van der Waals surface area contributed by atoms with Crippen LogP contribution in [0.15, 0.2) is 24.3 Å². The van der Waals surface area contributed by atoms with Crippen molar-refractivity contribution in [1.29, 1.82) is 0 Å². The highest BCUT2D eigenvalue weighted by Gasteiger charge is 2.23. The van der Waals surface area contributed by atoms with Gasteiger partial charge in [0.25, 0.3) is 0 Å². The predicted octanol–water partition coefficient (Wildman–Crippen LogP) is 11.6. The summed E-state index contributed by atoms with van der Waals surface area (Å²) in [6, 6.07) is -2.10. The van der Waals surface area contributed by atoms with Gasteiger partial charge in [0.05, 0.1) is 0 Å². The van der Waals surface area contributed by atoms with Gasteiger partial charge in [-0.25, -0.2) is 9.59 Å². The summed E-state index contributed by atoms with van der Waals surface area (Å²) in [5, 5.41) is 24.4. The van der Waals surface area contributed by atoms with Crippen LogP contribution >= 0.6 is 21.6 Å². The predicted molar refractivity (Wildman–Crippen MR) is 223 cm³/mol. The van der Waals surface area contributed by atoms with Crippen LogP contribution in [0.1, 0.15) is 194 Å². The minimum atomic E-state index is -1.12. The van der Waals surface area contributed by atoms with E-state index in [0.29, 0.717) is 12.8 Å². The molecular formula is C42H76N2O6S2. The molecule has 0 aromatic carbocycles. The molecule has 0 bridgehead atoms. The Hall–Kier alpha value is -1.94. The van der Waals surface area contributed by atoms with Gasteiger partial charge >= 0.3 is 11.9 Å². The van der Waals surface area contributed by atoms with Crippen LogP contribution in [0, 0.1) is 0 Å². The number of hydrogen-bond acceptors (Lipinski definition) is 6. The van der Waals surface area contributed by atoms with E-state index in [0.717, 1.165) is 77.0 Å². The van der Waals surface area contributed by atoms with Crippen LogP contribution in [0.3, 0.4) is 0 Å². The molecule has 0 unspecified atom stereocenters. The van der Waals surface area contributed by atoms with E-state index in [1.165, 1.54) is 111 Å². The van der Waals surface area contributed by atoms with Crippen LogP contribution in [0.2, 0.25) is 0 Å². The van der Waals surface area contributed by atoms with Crippen molar-refractivity contribution < 1.29 is 29.4 Å². The van der Waals surface area contributed by atoms with Gasteiger partial charge in [0.15, 0.2) is 0 Å². The normalized spacial score (nSPS) is 12.7. The Morgan fingerprint density at radius 3 is 1.00 bits per heavy atom. The van der Waals surface area contributed by atoms with Crippen LogP contribution in [0.5, 0.6) is 0 Å². The second kappa shape index (κ2) is 38.8. The number of unbranched alkanes of at least 4 members (excludes halogenated alkanes) is 22. The van der Waals surface area contributed by atoms with E-state index in [2.05, 4.69) is 48.8 Å². The largest absolute Gasteiger partial charge is 0.480 e. The monoisotopic (exact) mass is 769 g/mol. The highest BCUT2D eigenvalue weighted by Crippen LogP contribution is 2.23. The minimum absolute atomic E-state index is 0.104. The number of nitrogens with one attached hydrogen (secondary N) is 2. The molecule has 302 valence electrons. The van der Waals surface area contributed by atoms with E-state index in [4.69, 9.17) is 0 Å². The molecule has 0 rings (SSSR count). The number of amides is 2. The molecule has 4 N–H and O–H groups in total. The smallest absolute Gasteiger partial charge is 0.327 e. The fraction of sp³-hybridized carbons (Fsp3) is 0.810. The first-order chi connectivity index (χ1) is 25.3. The highest BCUT2D eigenvalue weighted by molar-refractivity contribution is 8.76. The molecule has 0 aliphatic heterocycles. The van der Waals surface area contributed by atoms with Gasteiger partial charge in [-0.2, -0.15) is 0 Å². The molecule has 0 aromatic heterocycles. The molecule has 8 nitrogen and oxygen atoms in total. The SMILES string of the molecule is CCCCCCCC/C=C\CCCCCCCC(=O)N[C@@H](CSSC[C@H](NC(=O)CCCCCCC/C=C\CCCCCCCC)C(=O)O)C(=O)O. The highest BCUT2D eigenvalue weighted by atomic mass is 33.1. The lowest BCUT2D eigenvalue weighted by molar-refractivity contribution is -0.141. The van der Waals surface area contributed by atoms with Gasteiger partial charge < -0.3 is 20.8 Å². The first kappa shape index (κ1) is 50.1. The van der Waals surface area contributed by atoms with Crippen molar-refractivity contribution in [3.05, 3.63) is 24.3 Å². The number of carboxylic acid groups (broad SMARTS) is 2. The summed E-state index contributed by atoms with van der Waals surface area (Å²) in [6.45, 7) is 4.49. The summed E-state index contributed by atoms with van der Waals surface area (Å²) >= 11 is 0. The van der Waals surface area contributed by atoms with Crippen molar-refractivity contribution >= 4 is 45.3 Å². The maximum Gasteiger partial charge on any atom is 0.327 e. The first-order valence-electron chi connectivity index (χ1n) is 20.9. The molecule has 0 saturated heterocycles. The maximum atomic E-state index is 12.4. The van der Waals surface area contributed by atoms with Crippen molar-refractivity contribution in [3.8, 4) is 0 Å². The summed E-state index contributed by atoms with van der Waals surface area (Å²) < 4.78 is 0. The van der Waals surface area contributed by atoms with Gasteiger partial charge in [0, 0.05) is 24.3 Å². The number of rotatable bonds is 39. The van der Waals surface area contributed by atoms with Gasteiger partial charge in [0.2, 0.25) is 11.8 Å². The lowest BCUT2D eigenvalue weighted by atomic mass is 10.1. The van der Waals surface area contributed by atoms with Crippen LogP contribution in [-0.2, 0) is 19.2 Å². The van der Waals surface area contributed by atoms with Crippen molar-refractivity contribution in [3.63, 3.8) is 0 Å². The molecule has 0 aromatic rings. The molecule has 2 amide bonds. The zero-order valence-electron chi connectivity index (χ0n) is 33.0. The fourth-order valence-corrected chi connectivity index (χ4v) is 8.14. The topological polar surface area (TPSA) is 133 Å². The number of aliphatic carboxylic acids is 2. The molecule has 2 atom stereocenters. The number of carbonyl (C=O) groups excluding carboxylic acids is 2. The third-order valence-corrected chi connectivity index (χ3v) is 11.6. The average Bonchev–Trinajstić information content (AvgIpc) is 3.12. The van der Waals surface area contributed by atoms with Crippen molar-refractivity contribution in [2.24, 2.45) is 0 Å². The zero-order chi connectivity index (χ0) is 38.3. The fourth-order valence-electron chi connectivity index (χ4n) is 5.83. The Kier molecular flexibility index (Phi) is 37.3. The van der Waals surface area contributed by atoms with E-state index in [-0.39, 0.29) is 23.3 Å². The molecule has 10 heteroatoms. The summed E-state index contributed by atoms with van der Waals surface area (Å²) in [6.07, 6.45) is 40.3. The van der Waals surface area contributed by atoms with Crippen molar-refractivity contribution in [1.82, 2.24) is 10.6 Å². The van der Waals surface area contributed by atoms with E-state index >= 15 is 0 Å². The Labute approximate surface area is 325 Å². The van der Waals surface area contributed by atoms with Gasteiger partial charge in [-0.05, 0) is 64.2 Å². The Bertz CT molecular complexity index is 871. The second-order valence-corrected chi connectivity index (χ2v) is 16.7. The van der Waals surface area contributed by atoms with Gasteiger partial charge in [0.1, 0.15) is 12.1 Å². The third-order valence-electron chi connectivity index (χ3n) is 9.15. The van der Waals surface area contributed by atoms with Crippen LogP contribution in [0.4, 0.5) is 0 Å². The van der Waals surface area contributed by atoms with Crippen LogP contribution < -0.4 is 10.6 Å². The van der Waals surface area contributed by atoms with E-state index in [1.807, 2.05) is 0 Å². The number of allylic oxidation sites excluding steroid dienone is 4. The van der Waals surface area contributed by atoms with E-state index in [9.17, 15) is 29.4 Å². The number of hydrogen-bond donors (Lipinski definition) is 4. The summed E-state index contributed by atoms with van der Waals surface area (Å²) in [5.74, 6) is -2.58. The summed E-state index contributed by atoms with van der Waals surface area (Å²) in [5.41, 5.74) is 0. The molecular weight excluding hydrogens is 693 g/mol. The van der Waals surface area contributed by atoms with Gasteiger partial charge in [-0.3, -0.25) is 9.59 Å². The molecule has 0 spiro atoms. The Morgan fingerprint density at radius 2 is 0.712 bits per heavy atom. The quantitative estimate of drug-likeness (QED) is 0.0276. The second-order valence-electron chi connectivity index (χ2n) is 14.2. The molecule has 52 heavy (non-hydrogen) atoms. The first-order valence-corrected chi connectivity index (χ1v) is 23.4. The van der Waals surface area contributed by atoms with E-state index in [1.54, 1.807) is 0 Å². The average molecular weight is 769 g/mol. The Balaban J connectivity index is 3.95. The van der Waals surface area contributed by atoms with Crippen LogP contribution in [-0.4, -0.2) is 57.6 Å². The van der Waals surface area contributed by atoms with Gasteiger partial charge in [-0.1, -0.05) is 162 Å². The van der Waals surface area contributed by atoms with Crippen molar-refractivity contribution in [2.75, 3.05) is 11.5 Å². The van der Waals surface area contributed by atoms with Crippen molar-refractivity contribution in [2.45, 2.75) is 206 Å². The summed E-state index contributed by atoms with van der Waals surface area (Å²) in [7, 11) is 2.38. The van der Waals surface area contributed by atoms with Crippen LogP contribution in [0.25, 0.3) is 0 Å². The molecule has 0 aliphatic carbocycles. The third kappa shape index (κ3) is 35.1. The zero-order valence-corrected chi connectivity index (χ0v) is 34.7. The summed E-state index contributed by atoms with van der Waals surface area (Å²) in [4.78, 5) is 48.2. The molecule has 0 fully saturated rings. The lowest BCUT2D eigenvalue weighted by Crippen LogP contribution is -2.43. The molecule has 0 saturated carbocycles. The standard InChI is InChI=1S/C42H76N2O6S2/c1-3-5-7-9-11-13-15-17-19-21-23-25-27-29-31-33-39(45)43-37(41(47)48)35-51-52-36-38(42(49)50)44-40(46)34-32-30-28-26-24-22-20-18-16-14-12-10-8-6-4-2/h17-20,37-38H,3-16,21-36H2,1-2H3,(H,43,45)(H,44,46)(H,47,48)(H,49,50)/b19-17-,20-18-/t37-,38-/m0/s1. The van der Waals surface area contributed by atoms with E-state index < -0.39 is 24.0 Å². The van der Waals surface area contributed by atoms with Gasteiger partial charge in [-0.15, -0.1) is 0 Å². The molecule has 0 heterocycles. The number of carbonyl (C=O) groups is 4. The minimum Gasteiger partial charge on any atom is -0.480 e.